The summed E-state index contributed by atoms with van der Waals surface area (Å²) in [5.74, 6) is 1.17. The van der Waals surface area contributed by atoms with E-state index in [-0.39, 0.29) is 0 Å². The zero-order valence-electron chi connectivity index (χ0n) is 18.2. The molecule has 0 unspecified atom stereocenters. The first-order valence-corrected chi connectivity index (χ1v) is 10.7. The molecule has 1 fully saturated rings. The van der Waals surface area contributed by atoms with Crippen LogP contribution < -0.4 is 15.4 Å². The molecule has 2 aromatic heterocycles. The van der Waals surface area contributed by atoms with Gasteiger partial charge in [0.2, 0.25) is 0 Å². The van der Waals surface area contributed by atoms with E-state index >= 15 is 0 Å². The lowest BCUT2D eigenvalue weighted by Gasteiger charge is -2.26. The number of aromatic amines is 2. The van der Waals surface area contributed by atoms with Crippen LogP contribution in [0.1, 0.15) is 5.56 Å². The zero-order chi connectivity index (χ0) is 22.6. The summed E-state index contributed by atoms with van der Waals surface area (Å²) in [6.07, 6.45) is 1.55. The van der Waals surface area contributed by atoms with E-state index < -0.39 is 6.03 Å². The summed E-state index contributed by atoms with van der Waals surface area (Å²) >= 11 is 0. The van der Waals surface area contributed by atoms with E-state index in [1.807, 2.05) is 18.2 Å². The number of hydrogen-bond donors (Lipinski definition) is 4. The van der Waals surface area contributed by atoms with Gasteiger partial charge in [0.1, 0.15) is 11.4 Å². The molecule has 0 atom stereocenters. The maximum absolute atomic E-state index is 12.6. The van der Waals surface area contributed by atoms with Gasteiger partial charge in [0, 0.05) is 19.6 Å². The molecule has 2 aromatic carbocycles. The lowest BCUT2D eigenvalue weighted by atomic mass is 10.2. The number of rotatable bonds is 6. The first kappa shape index (κ1) is 21.0. The fourth-order valence-electron chi connectivity index (χ4n) is 3.88. The van der Waals surface area contributed by atoms with Gasteiger partial charge in [-0.15, -0.1) is 0 Å². The van der Waals surface area contributed by atoms with E-state index in [1.54, 1.807) is 25.4 Å². The van der Waals surface area contributed by atoms with Crippen molar-refractivity contribution < 1.29 is 14.3 Å². The number of urea groups is 1. The van der Waals surface area contributed by atoms with E-state index in [0.717, 1.165) is 43.9 Å². The van der Waals surface area contributed by atoms with Crippen LogP contribution in [0.2, 0.25) is 0 Å². The molecule has 33 heavy (non-hydrogen) atoms. The van der Waals surface area contributed by atoms with Crippen molar-refractivity contribution in [1.29, 1.82) is 0 Å². The van der Waals surface area contributed by atoms with Crippen molar-refractivity contribution in [2.24, 2.45) is 0 Å². The molecule has 10 heteroatoms. The molecule has 1 saturated heterocycles. The van der Waals surface area contributed by atoms with Crippen LogP contribution in [0.4, 0.5) is 16.2 Å². The predicted molar refractivity (Wildman–Crippen MR) is 125 cm³/mol. The van der Waals surface area contributed by atoms with Crippen molar-refractivity contribution in [2.45, 2.75) is 6.54 Å². The normalized spacial score (nSPS) is 14.3. The highest BCUT2D eigenvalue weighted by atomic mass is 16.5. The Balaban J connectivity index is 1.32. The molecule has 2 amide bonds. The summed E-state index contributed by atoms with van der Waals surface area (Å²) < 4.78 is 10.7. The number of H-pyrrole nitrogens is 2. The molecule has 1 aliphatic heterocycles. The fourth-order valence-corrected chi connectivity index (χ4v) is 3.88. The molecule has 0 aliphatic carbocycles. The van der Waals surface area contributed by atoms with Gasteiger partial charge in [0.25, 0.3) is 0 Å². The molecule has 10 nitrogen and oxygen atoms in total. The molecule has 5 rings (SSSR count). The standard InChI is InChI=1S/C23H25N7O3/c1-32-20-5-3-2-4-17(20)27-23(31)28-19-13-24-29-21(19)22-25-16-7-6-15(12-18(16)26-22)14-30-8-10-33-11-9-30/h2-7,12-13H,8-11,14H2,1H3,(H,24,29)(H,25,26)(H2,27,28,31). The number of para-hydroxylation sites is 2. The van der Waals surface area contributed by atoms with E-state index in [0.29, 0.717) is 28.6 Å². The first-order chi connectivity index (χ1) is 16.2. The topological polar surface area (TPSA) is 120 Å². The number of amides is 2. The molecule has 1 aliphatic rings. The smallest absolute Gasteiger partial charge is 0.323 e. The maximum Gasteiger partial charge on any atom is 0.323 e. The fraction of sp³-hybridized carbons (Fsp3) is 0.261. The Labute approximate surface area is 190 Å². The van der Waals surface area contributed by atoms with Crippen LogP contribution in [0.15, 0.2) is 48.7 Å². The Morgan fingerprint density at radius 3 is 2.82 bits per heavy atom. The monoisotopic (exact) mass is 447 g/mol. The van der Waals surface area contributed by atoms with Gasteiger partial charge in [0.15, 0.2) is 5.82 Å². The molecule has 0 spiro atoms. The van der Waals surface area contributed by atoms with Crippen LogP contribution in [0.3, 0.4) is 0 Å². The van der Waals surface area contributed by atoms with Gasteiger partial charge >= 0.3 is 6.03 Å². The highest BCUT2D eigenvalue weighted by Crippen LogP contribution is 2.27. The Kier molecular flexibility index (Phi) is 5.92. The Morgan fingerprint density at radius 2 is 1.97 bits per heavy atom. The summed E-state index contributed by atoms with van der Waals surface area (Å²) in [4.78, 5) is 23.0. The summed E-state index contributed by atoms with van der Waals surface area (Å²) in [6.45, 7) is 4.29. The number of imidazole rings is 1. The summed E-state index contributed by atoms with van der Waals surface area (Å²) in [5, 5.41) is 12.6. The summed E-state index contributed by atoms with van der Waals surface area (Å²) in [5.41, 5.74) is 4.65. The van der Waals surface area contributed by atoms with Crippen molar-refractivity contribution >= 4 is 28.4 Å². The average molecular weight is 447 g/mol. The third-order valence-electron chi connectivity index (χ3n) is 5.54. The first-order valence-electron chi connectivity index (χ1n) is 10.7. The Morgan fingerprint density at radius 1 is 1.15 bits per heavy atom. The molecular formula is C23H25N7O3. The van der Waals surface area contributed by atoms with Gasteiger partial charge < -0.3 is 25.1 Å². The van der Waals surface area contributed by atoms with Crippen LogP contribution in [0.5, 0.6) is 5.75 Å². The van der Waals surface area contributed by atoms with Crippen LogP contribution in [0, 0.1) is 0 Å². The third kappa shape index (κ3) is 4.66. The number of anilines is 2. The van der Waals surface area contributed by atoms with Crippen molar-refractivity contribution in [3.05, 3.63) is 54.2 Å². The van der Waals surface area contributed by atoms with Gasteiger partial charge in [-0.2, -0.15) is 5.10 Å². The minimum Gasteiger partial charge on any atom is -0.495 e. The number of benzene rings is 2. The average Bonchev–Trinajstić information content (AvgIpc) is 3.46. The quantitative estimate of drug-likeness (QED) is 0.359. The maximum atomic E-state index is 12.6. The summed E-state index contributed by atoms with van der Waals surface area (Å²) in [6, 6.07) is 13.0. The van der Waals surface area contributed by atoms with E-state index in [4.69, 9.17) is 9.47 Å². The van der Waals surface area contributed by atoms with Gasteiger partial charge in [-0.25, -0.2) is 9.78 Å². The van der Waals surface area contributed by atoms with Crippen molar-refractivity contribution in [3.8, 4) is 17.3 Å². The molecule has 3 heterocycles. The number of fused-ring (bicyclic) bond motifs is 1. The highest BCUT2D eigenvalue weighted by molar-refractivity contribution is 6.02. The number of aromatic nitrogens is 4. The SMILES string of the molecule is COc1ccccc1NC(=O)Nc1cn[nH]c1-c1nc2ccc(CN3CCOCC3)cc2[nH]1. The van der Waals surface area contributed by atoms with Gasteiger partial charge in [-0.3, -0.25) is 10.00 Å². The van der Waals surface area contributed by atoms with Crippen LogP contribution >= 0.6 is 0 Å². The minimum absolute atomic E-state index is 0.411. The number of morpholine rings is 1. The number of methoxy groups -OCH3 is 1. The Hall–Kier alpha value is -3.89. The Bertz CT molecular complexity index is 1260. The predicted octanol–water partition coefficient (Wildman–Crippen LogP) is 3.44. The number of hydrogen-bond acceptors (Lipinski definition) is 6. The van der Waals surface area contributed by atoms with Gasteiger partial charge in [0.05, 0.1) is 48.9 Å². The highest BCUT2D eigenvalue weighted by Gasteiger charge is 2.16. The number of carbonyl (C=O) groups excluding carboxylic acids is 1. The molecule has 4 aromatic rings. The zero-order valence-corrected chi connectivity index (χ0v) is 18.2. The number of carbonyl (C=O) groups is 1. The molecule has 4 N–H and O–H groups in total. The second kappa shape index (κ2) is 9.31. The lowest BCUT2D eigenvalue weighted by Crippen LogP contribution is -2.35. The van der Waals surface area contributed by atoms with Gasteiger partial charge in [-0.05, 0) is 29.8 Å². The van der Waals surface area contributed by atoms with E-state index in [1.165, 1.54) is 5.56 Å². The second-order valence-electron chi connectivity index (χ2n) is 7.76. The molecule has 0 saturated carbocycles. The lowest BCUT2D eigenvalue weighted by molar-refractivity contribution is 0.0342. The largest absolute Gasteiger partial charge is 0.495 e. The molecule has 170 valence electrons. The van der Waals surface area contributed by atoms with Crippen molar-refractivity contribution in [3.63, 3.8) is 0 Å². The number of ether oxygens (including phenoxy) is 2. The van der Waals surface area contributed by atoms with Crippen LogP contribution in [-0.4, -0.2) is 64.5 Å². The molecule has 0 radical (unpaired) electrons. The van der Waals surface area contributed by atoms with Gasteiger partial charge in [-0.1, -0.05) is 18.2 Å². The number of nitrogens with one attached hydrogen (secondary N) is 4. The van der Waals surface area contributed by atoms with Crippen LogP contribution in [-0.2, 0) is 11.3 Å². The minimum atomic E-state index is -0.411. The molecular weight excluding hydrogens is 422 g/mol. The second-order valence-corrected chi connectivity index (χ2v) is 7.76. The molecule has 0 bridgehead atoms. The van der Waals surface area contributed by atoms with E-state index in [2.05, 4.69) is 47.8 Å². The van der Waals surface area contributed by atoms with Crippen molar-refractivity contribution in [1.82, 2.24) is 25.1 Å². The summed E-state index contributed by atoms with van der Waals surface area (Å²) in [7, 11) is 1.56. The van der Waals surface area contributed by atoms with Crippen molar-refractivity contribution in [2.75, 3.05) is 44.0 Å². The number of nitrogens with zero attached hydrogens (tertiary/aromatic N) is 3. The van der Waals surface area contributed by atoms with E-state index in [9.17, 15) is 4.79 Å². The third-order valence-corrected chi connectivity index (χ3v) is 5.54. The van der Waals surface area contributed by atoms with Crippen LogP contribution in [0.25, 0.3) is 22.6 Å².